The van der Waals surface area contributed by atoms with Crippen molar-refractivity contribution in [3.63, 3.8) is 0 Å². The summed E-state index contributed by atoms with van der Waals surface area (Å²) in [4.78, 5) is 0. The lowest BCUT2D eigenvalue weighted by atomic mass is 10.4. The highest BCUT2D eigenvalue weighted by Crippen LogP contribution is 2.31. The third-order valence-corrected chi connectivity index (χ3v) is 2.53. The second-order valence-corrected chi connectivity index (χ2v) is 3.73. The van der Waals surface area contributed by atoms with Crippen LogP contribution in [0.1, 0.15) is 16.4 Å². The first-order chi connectivity index (χ1) is 6.04. The van der Waals surface area contributed by atoms with Crippen molar-refractivity contribution in [1.29, 1.82) is 0 Å². The lowest BCUT2D eigenvalue weighted by Crippen LogP contribution is -2.03. The first-order valence-corrected chi connectivity index (χ1v) is 4.84. The average molecular weight is 231 g/mol. The van der Waals surface area contributed by atoms with Crippen molar-refractivity contribution in [2.24, 2.45) is 0 Å². The molecule has 0 atom stereocenters. The van der Waals surface area contributed by atoms with E-state index in [0.717, 1.165) is 0 Å². The Morgan fingerprint density at radius 2 is 2.00 bits per heavy atom. The van der Waals surface area contributed by atoms with Gasteiger partial charge in [0.1, 0.15) is 5.01 Å². The van der Waals surface area contributed by atoms with Gasteiger partial charge < -0.3 is 0 Å². The average Bonchev–Trinajstić information content (AvgIpc) is 2.47. The Balaban J connectivity index is 2.64. The molecule has 74 valence electrons. The Labute approximate surface area is 81.7 Å². The molecule has 0 bridgehead atoms. The quantitative estimate of drug-likeness (QED) is 0.747. The Kier molecular flexibility index (Phi) is 3.49. The van der Waals surface area contributed by atoms with Crippen LogP contribution in [0.4, 0.5) is 13.2 Å². The fourth-order valence-electron chi connectivity index (χ4n) is 0.687. The van der Waals surface area contributed by atoms with E-state index in [4.69, 9.17) is 11.6 Å². The lowest BCUT2D eigenvalue weighted by molar-refractivity contribution is -0.138. The molecule has 1 rings (SSSR count). The van der Waals surface area contributed by atoms with Crippen LogP contribution in [0.2, 0.25) is 0 Å². The van der Waals surface area contributed by atoms with Crippen LogP contribution in [0.5, 0.6) is 0 Å². The normalized spacial score (nSPS) is 12.0. The highest BCUT2D eigenvalue weighted by Gasteiger charge is 2.35. The monoisotopic (exact) mass is 230 g/mol. The van der Waals surface area contributed by atoms with Crippen LogP contribution in [0.15, 0.2) is 0 Å². The van der Waals surface area contributed by atoms with Gasteiger partial charge in [-0.05, 0) is 6.42 Å². The molecule has 0 fully saturated rings. The molecule has 0 aliphatic carbocycles. The summed E-state index contributed by atoms with van der Waals surface area (Å²) in [7, 11) is 0. The summed E-state index contributed by atoms with van der Waals surface area (Å²) in [6, 6.07) is 0. The van der Waals surface area contributed by atoms with Gasteiger partial charge in [0.15, 0.2) is 0 Å². The number of hydrogen-bond acceptors (Lipinski definition) is 3. The molecule has 0 spiro atoms. The number of hydrogen-bond donors (Lipinski definition) is 0. The maximum atomic E-state index is 12.0. The summed E-state index contributed by atoms with van der Waals surface area (Å²) in [6.45, 7) is 0. The molecule has 0 aliphatic heterocycles. The van der Waals surface area contributed by atoms with Crippen molar-refractivity contribution in [3.8, 4) is 0 Å². The second-order valence-electron chi connectivity index (χ2n) is 2.29. The Bertz CT molecular complexity index is 273. The maximum absolute atomic E-state index is 12.0. The Morgan fingerprint density at radius 3 is 2.46 bits per heavy atom. The summed E-state index contributed by atoms with van der Waals surface area (Å²) in [5, 5.41) is 5.94. The van der Waals surface area contributed by atoms with Crippen LogP contribution < -0.4 is 0 Å². The molecule has 13 heavy (non-hydrogen) atoms. The molecule has 0 amide bonds. The van der Waals surface area contributed by atoms with Gasteiger partial charge in [0, 0.05) is 12.3 Å². The molecule has 0 aromatic carbocycles. The molecular formula is C6H6ClF3N2S. The van der Waals surface area contributed by atoms with Crippen LogP contribution in [0.3, 0.4) is 0 Å². The first kappa shape index (κ1) is 10.7. The summed E-state index contributed by atoms with van der Waals surface area (Å²) in [6.07, 6.45) is -3.30. The van der Waals surface area contributed by atoms with E-state index in [9.17, 15) is 13.2 Å². The zero-order valence-electron chi connectivity index (χ0n) is 6.44. The third-order valence-electron chi connectivity index (χ3n) is 1.23. The Hall–Kier alpha value is -0.360. The largest absolute Gasteiger partial charge is 0.445 e. The molecule has 0 saturated heterocycles. The van der Waals surface area contributed by atoms with Crippen LogP contribution in [0, 0.1) is 0 Å². The molecule has 1 heterocycles. The second kappa shape index (κ2) is 4.23. The fourth-order valence-corrected chi connectivity index (χ4v) is 1.57. The van der Waals surface area contributed by atoms with E-state index in [1.165, 1.54) is 0 Å². The van der Waals surface area contributed by atoms with Crippen molar-refractivity contribution in [2.75, 3.05) is 5.88 Å². The van der Waals surface area contributed by atoms with E-state index >= 15 is 0 Å². The minimum atomic E-state index is -4.38. The van der Waals surface area contributed by atoms with Crippen molar-refractivity contribution >= 4 is 22.9 Å². The lowest BCUT2D eigenvalue weighted by Gasteiger charge is -1.97. The smallest absolute Gasteiger partial charge is 0.164 e. The zero-order valence-corrected chi connectivity index (χ0v) is 8.01. The van der Waals surface area contributed by atoms with E-state index in [0.29, 0.717) is 35.1 Å². The summed E-state index contributed by atoms with van der Waals surface area (Å²) >= 11 is 5.96. The summed E-state index contributed by atoms with van der Waals surface area (Å²) < 4.78 is 36.0. The summed E-state index contributed by atoms with van der Waals surface area (Å²) in [5.41, 5.74) is 0. The van der Waals surface area contributed by atoms with Gasteiger partial charge in [-0.25, -0.2) is 0 Å². The van der Waals surface area contributed by atoms with E-state index < -0.39 is 11.2 Å². The van der Waals surface area contributed by atoms with Gasteiger partial charge in [0.05, 0.1) is 0 Å². The SMILES string of the molecule is FC(F)(F)c1nnc(CCCCl)s1. The fraction of sp³-hybridized carbons (Fsp3) is 0.667. The number of alkyl halides is 4. The molecule has 0 aliphatic rings. The highest BCUT2D eigenvalue weighted by molar-refractivity contribution is 7.11. The predicted octanol–water partition coefficient (Wildman–Crippen LogP) is 2.73. The zero-order chi connectivity index (χ0) is 9.90. The molecule has 1 aromatic heterocycles. The molecular weight excluding hydrogens is 225 g/mol. The van der Waals surface area contributed by atoms with E-state index in [2.05, 4.69) is 10.2 Å². The van der Waals surface area contributed by atoms with Crippen LogP contribution in [0.25, 0.3) is 0 Å². The number of rotatable bonds is 3. The van der Waals surface area contributed by atoms with Crippen molar-refractivity contribution in [1.82, 2.24) is 10.2 Å². The van der Waals surface area contributed by atoms with Crippen LogP contribution >= 0.6 is 22.9 Å². The molecule has 0 unspecified atom stereocenters. The Morgan fingerprint density at radius 1 is 1.31 bits per heavy atom. The number of aromatic nitrogens is 2. The third kappa shape index (κ3) is 3.11. The van der Waals surface area contributed by atoms with Crippen molar-refractivity contribution < 1.29 is 13.2 Å². The number of halogens is 4. The molecule has 1 aromatic rings. The predicted molar refractivity (Wildman–Crippen MR) is 44.0 cm³/mol. The molecule has 2 nitrogen and oxygen atoms in total. The molecule has 7 heteroatoms. The standard InChI is InChI=1S/C6H6ClF3N2S/c7-3-1-2-4-11-12-5(13-4)6(8,9)10/h1-3H2. The van der Waals surface area contributed by atoms with Crippen molar-refractivity contribution in [3.05, 3.63) is 10.0 Å². The van der Waals surface area contributed by atoms with E-state index in [1.807, 2.05) is 0 Å². The van der Waals surface area contributed by atoms with Gasteiger partial charge in [-0.1, -0.05) is 11.3 Å². The molecule has 0 radical (unpaired) electrons. The van der Waals surface area contributed by atoms with Gasteiger partial charge in [-0.15, -0.1) is 21.8 Å². The highest BCUT2D eigenvalue weighted by atomic mass is 35.5. The van der Waals surface area contributed by atoms with Crippen LogP contribution in [-0.2, 0) is 12.6 Å². The summed E-state index contributed by atoms with van der Waals surface area (Å²) in [5.74, 6) is 0.418. The molecule has 0 saturated carbocycles. The number of nitrogens with zero attached hydrogens (tertiary/aromatic N) is 2. The van der Waals surface area contributed by atoms with E-state index in [-0.39, 0.29) is 0 Å². The van der Waals surface area contributed by atoms with Gasteiger partial charge >= 0.3 is 6.18 Å². The minimum Gasteiger partial charge on any atom is -0.164 e. The minimum absolute atomic E-state index is 0.382. The van der Waals surface area contributed by atoms with Crippen LogP contribution in [-0.4, -0.2) is 16.1 Å². The van der Waals surface area contributed by atoms with Gasteiger partial charge in [0.2, 0.25) is 5.01 Å². The van der Waals surface area contributed by atoms with Gasteiger partial charge in [-0.3, -0.25) is 0 Å². The van der Waals surface area contributed by atoms with Crippen molar-refractivity contribution in [2.45, 2.75) is 19.0 Å². The van der Waals surface area contributed by atoms with Gasteiger partial charge in [0.25, 0.3) is 0 Å². The topological polar surface area (TPSA) is 25.8 Å². The molecule has 0 N–H and O–H groups in total. The first-order valence-electron chi connectivity index (χ1n) is 3.49. The van der Waals surface area contributed by atoms with Gasteiger partial charge in [-0.2, -0.15) is 13.2 Å². The maximum Gasteiger partial charge on any atom is 0.445 e. The number of aryl methyl sites for hydroxylation is 1. The van der Waals surface area contributed by atoms with E-state index in [1.54, 1.807) is 0 Å².